The number of halogens is 1. The maximum absolute atomic E-state index is 11.7. The first-order valence-electron chi connectivity index (χ1n) is 4.61. The van der Waals surface area contributed by atoms with Gasteiger partial charge in [0.15, 0.2) is 9.84 Å². The van der Waals surface area contributed by atoms with Crippen LogP contribution in [0.25, 0.3) is 0 Å². The van der Waals surface area contributed by atoms with Gasteiger partial charge < -0.3 is 0 Å². The molecule has 1 rings (SSSR count). The highest BCUT2D eigenvalue weighted by Gasteiger charge is 2.48. The molecular formula is C9H17BrO2S. The maximum atomic E-state index is 11.7. The van der Waals surface area contributed by atoms with Crippen LogP contribution in [-0.4, -0.2) is 24.2 Å². The summed E-state index contributed by atoms with van der Waals surface area (Å²) in [5, 5.41) is 0.886. The second kappa shape index (κ2) is 3.54. The standard InChI is InChI=1S/C9H17BrO2S/c1-7(6-10)8-4-5-13(11,12)9(8,2)3/h7-8H,4-6H2,1-3H3. The van der Waals surface area contributed by atoms with Gasteiger partial charge in [0.05, 0.1) is 10.5 Å². The van der Waals surface area contributed by atoms with Gasteiger partial charge in [-0.05, 0) is 32.1 Å². The first kappa shape index (κ1) is 11.5. The van der Waals surface area contributed by atoms with Crippen molar-refractivity contribution in [1.82, 2.24) is 0 Å². The zero-order chi connectivity index (χ0) is 10.3. The number of sulfone groups is 1. The lowest BCUT2D eigenvalue weighted by Gasteiger charge is -2.29. The number of rotatable bonds is 2. The fourth-order valence-electron chi connectivity index (χ4n) is 2.20. The molecule has 0 aromatic rings. The van der Waals surface area contributed by atoms with E-state index in [0.717, 1.165) is 11.8 Å². The average Bonchev–Trinajstić information content (AvgIpc) is 2.22. The van der Waals surface area contributed by atoms with Gasteiger partial charge in [0, 0.05) is 5.33 Å². The lowest BCUT2D eigenvalue weighted by Crippen LogP contribution is -2.37. The third-order valence-corrected chi connectivity index (χ3v) is 7.02. The van der Waals surface area contributed by atoms with E-state index in [1.807, 2.05) is 13.8 Å². The molecular weight excluding hydrogens is 252 g/mol. The van der Waals surface area contributed by atoms with Crippen LogP contribution in [0.3, 0.4) is 0 Å². The topological polar surface area (TPSA) is 34.1 Å². The van der Waals surface area contributed by atoms with Crippen molar-refractivity contribution in [2.75, 3.05) is 11.1 Å². The van der Waals surface area contributed by atoms with Gasteiger partial charge in [-0.15, -0.1) is 0 Å². The first-order chi connectivity index (χ1) is 5.83. The van der Waals surface area contributed by atoms with Crippen molar-refractivity contribution < 1.29 is 8.42 Å². The molecule has 0 saturated carbocycles. The van der Waals surface area contributed by atoms with Crippen LogP contribution in [0.1, 0.15) is 27.2 Å². The highest BCUT2D eigenvalue weighted by atomic mass is 79.9. The van der Waals surface area contributed by atoms with Gasteiger partial charge in [0.25, 0.3) is 0 Å². The molecule has 0 bridgehead atoms. The molecule has 0 amide bonds. The minimum Gasteiger partial charge on any atom is -0.228 e. The summed E-state index contributed by atoms with van der Waals surface area (Å²) in [5.41, 5.74) is 0. The predicted octanol–water partition coefficient (Wildman–Crippen LogP) is 2.23. The SMILES string of the molecule is CC(CBr)C1CCS(=O)(=O)C1(C)C. The van der Waals surface area contributed by atoms with Crippen molar-refractivity contribution in [2.45, 2.75) is 31.9 Å². The second-order valence-electron chi connectivity index (χ2n) is 4.45. The normalized spacial score (nSPS) is 33.1. The van der Waals surface area contributed by atoms with E-state index in [-0.39, 0.29) is 0 Å². The van der Waals surface area contributed by atoms with Crippen molar-refractivity contribution in [1.29, 1.82) is 0 Å². The Kier molecular flexibility index (Phi) is 3.13. The van der Waals surface area contributed by atoms with E-state index in [9.17, 15) is 8.42 Å². The van der Waals surface area contributed by atoms with E-state index in [2.05, 4.69) is 22.9 Å². The molecule has 1 fully saturated rings. The predicted molar refractivity (Wildman–Crippen MR) is 58.9 cm³/mol. The Morgan fingerprint density at radius 1 is 1.54 bits per heavy atom. The van der Waals surface area contributed by atoms with Crippen molar-refractivity contribution >= 4 is 25.8 Å². The van der Waals surface area contributed by atoms with Crippen LogP contribution in [0.5, 0.6) is 0 Å². The van der Waals surface area contributed by atoms with E-state index in [0.29, 0.717) is 17.6 Å². The van der Waals surface area contributed by atoms with E-state index in [1.165, 1.54) is 0 Å². The number of hydrogen-bond donors (Lipinski definition) is 0. The Morgan fingerprint density at radius 3 is 2.38 bits per heavy atom. The van der Waals surface area contributed by atoms with Crippen LogP contribution in [0, 0.1) is 11.8 Å². The summed E-state index contributed by atoms with van der Waals surface area (Å²) in [7, 11) is -2.85. The minimum absolute atomic E-state index is 0.303. The molecule has 0 aromatic carbocycles. The molecule has 2 unspecified atom stereocenters. The Hall–Kier alpha value is 0.430. The summed E-state index contributed by atoms with van der Waals surface area (Å²) >= 11 is 3.42. The lowest BCUT2D eigenvalue weighted by molar-refractivity contribution is 0.325. The Morgan fingerprint density at radius 2 is 2.08 bits per heavy atom. The fraction of sp³-hybridized carbons (Fsp3) is 1.00. The zero-order valence-corrected chi connectivity index (χ0v) is 10.8. The molecule has 0 radical (unpaired) electrons. The van der Waals surface area contributed by atoms with E-state index in [4.69, 9.17) is 0 Å². The summed E-state index contributed by atoms with van der Waals surface area (Å²) in [4.78, 5) is 0. The van der Waals surface area contributed by atoms with Crippen LogP contribution >= 0.6 is 15.9 Å². The third kappa shape index (κ3) is 1.80. The zero-order valence-electron chi connectivity index (χ0n) is 8.38. The van der Waals surface area contributed by atoms with Crippen LogP contribution in [0.15, 0.2) is 0 Å². The van der Waals surface area contributed by atoms with E-state index < -0.39 is 14.6 Å². The van der Waals surface area contributed by atoms with Gasteiger partial charge in [0.1, 0.15) is 0 Å². The molecule has 0 N–H and O–H groups in total. The van der Waals surface area contributed by atoms with Gasteiger partial charge in [-0.3, -0.25) is 0 Å². The Balaban J connectivity index is 2.95. The van der Waals surface area contributed by atoms with Crippen LogP contribution < -0.4 is 0 Å². The fourth-order valence-corrected chi connectivity index (χ4v) is 4.55. The van der Waals surface area contributed by atoms with Crippen LogP contribution in [-0.2, 0) is 9.84 Å². The smallest absolute Gasteiger partial charge is 0.155 e. The highest BCUT2D eigenvalue weighted by Crippen LogP contribution is 2.41. The van der Waals surface area contributed by atoms with Crippen molar-refractivity contribution in [3.63, 3.8) is 0 Å². The quantitative estimate of drug-likeness (QED) is 0.720. The summed E-state index contributed by atoms with van der Waals surface area (Å²) in [6.45, 7) is 5.83. The van der Waals surface area contributed by atoms with E-state index >= 15 is 0 Å². The lowest BCUT2D eigenvalue weighted by atomic mass is 9.83. The number of hydrogen-bond acceptors (Lipinski definition) is 2. The van der Waals surface area contributed by atoms with Crippen molar-refractivity contribution in [3.8, 4) is 0 Å². The molecule has 1 heterocycles. The monoisotopic (exact) mass is 268 g/mol. The van der Waals surface area contributed by atoms with Gasteiger partial charge in [0.2, 0.25) is 0 Å². The third-order valence-electron chi connectivity index (χ3n) is 3.32. The summed E-state index contributed by atoms with van der Waals surface area (Å²) in [6.07, 6.45) is 0.822. The molecule has 13 heavy (non-hydrogen) atoms. The molecule has 2 atom stereocenters. The highest BCUT2D eigenvalue weighted by molar-refractivity contribution is 9.09. The average molecular weight is 269 g/mol. The molecule has 1 saturated heterocycles. The maximum Gasteiger partial charge on any atom is 0.155 e. The van der Waals surface area contributed by atoms with Gasteiger partial charge in [-0.1, -0.05) is 22.9 Å². The van der Waals surface area contributed by atoms with Gasteiger partial charge >= 0.3 is 0 Å². The molecule has 1 aliphatic heterocycles. The minimum atomic E-state index is -2.85. The summed E-state index contributed by atoms with van der Waals surface area (Å²) in [6, 6.07) is 0. The van der Waals surface area contributed by atoms with Gasteiger partial charge in [-0.2, -0.15) is 0 Å². The Bertz CT molecular complexity index is 282. The number of alkyl halides is 1. The van der Waals surface area contributed by atoms with Crippen LogP contribution in [0.2, 0.25) is 0 Å². The molecule has 0 aliphatic carbocycles. The van der Waals surface area contributed by atoms with Crippen molar-refractivity contribution in [3.05, 3.63) is 0 Å². The molecule has 78 valence electrons. The van der Waals surface area contributed by atoms with E-state index in [1.54, 1.807) is 0 Å². The first-order valence-corrected chi connectivity index (χ1v) is 7.38. The molecule has 2 nitrogen and oxygen atoms in total. The Labute approximate surface area is 89.1 Å². The van der Waals surface area contributed by atoms with Crippen molar-refractivity contribution in [2.24, 2.45) is 11.8 Å². The largest absolute Gasteiger partial charge is 0.228 e. The second-order valence-corrected chi connectivity index (χ2v) is 7.79. The summed E-state index contributed by atoms with van der Waals surface area (Å²) in [5.74, 6) is 1.10. The van der Waals surface area contributed by atoms with Crippen LogP contribution in [0.4, 0.5) is 0 Å². The molecule has 1 aliphatic rings. The van der Waals surface area contributed by atoms with Gasteiger partial charge in [-0.25, -0.2) is 8.42 Å². The summed E-state index contributed by atoms with van der Waals surface area (Å²) < 4.78 is 22.9. The molecule has 0 aromatic heterocycles. The molecule has 4 heteroatoms. The molecule has 0 spiro atoms.